The van der Waals surface area contributed by atoms with Gasteiger partial charge in [-0.3, -0.25) is 4.48 Å². The predicted molar refractivity (Wildman–Crippen MR) is 110 cm³/mol. The van der Waals surface area contributed by atoms with Crippen LogP contribution in [0.4, 0.5) is 5.82 Å². The summed E-state index contributed by atoms with van der Waals surface area (Å²) in [4.78, 5) is 24.1. The second-order valence-electron chi connectivity index (χ2n) is 7.29. The van der Waals surface area contributed by atoms with Gasteiger partial charge >= 0.3 is 5.91 Å². The summed E-state index contributed by atoms with van der Waals surface area (Å²) in [6.45, 7) is 2.06. The molecule has 0 radical (unpaired) electrons. The maximum Gasteiger partial charge on any atom is 0.341 e. The van der Waals surface area contributed by atoms with Gasteiger partial charge in [0, 0.05) is 11.8 Å². The highest BCUT2D eigenvalue weighted by molar-refractivity contribution is 6.28. The summed E-state index contributed by atoms with van der Waals surface area (Å²) in [6.07, 6.45) is 1.63. The third-order valence-corrected chi connectivity index (χ3v) is 5.49. The van der Waals surface area contributed by atoms with E-state index in [2.05, 4.69) is 22.1 Å². The monoisotopic (exact) mass is 393 g/mol. The fourth-order valence-electron chi connectivity index (χ4n) is 3.83. The van der Waals surface area contributed by atoms with Crippen molar-refractivity contribution in [3.8, 4) is 0 Å². The lowest BCUT2D eigenvalue weighted by molar-refractivity contribution is -0.850. The fraction of sp³-hybridized carbons (Fsp3) is 0.227. The molecule has 1 fully saturated rings. The standard InChI is InChI=1S/C22H22ClN4O/c1-27(16-17-8-4-2-5-9-17)15-14-26(19-12-13-24-22(23)25-19)20(21(27)28)18-10-6-3-7-11-18/h2-13,20H,14-16H2,1H3/q+1. The molecule has 3 aromatic rings. The van der Waals surface area contributed by atoms with Crippen molar-refractivity contribution in [1.82, 2.24) is 9.97 Å². The quantitative estimate of drug-likeness (QED) is 0.498. The molecule has 0 aliphatic carbocycles. The second-order valence-corrected chi connectivity index (χ2v) is 7.63. The molecule has 1 aliphatic rings. The highest BCUT2D eigenvalue weighted by atomic mass is 35.5. The fourth-order valence-corrected chi connectivity index (χ4v) is 3.97. The number of carbonyl (C=O) groups excluding carboxylic acids is 1. The Hall–Kier alpha value is -2.76. The van der Waals surface area contributed by atoms with Gasteiger partial charge in [0.2, 0.25) is 5.28 Å². The molecular weight excluding hydrogens is 372 g/mol. The Morgan fingerprint density at radius 2 is 1.75 bits per heavy atom. The molecule has 2 unspecified atom stereocenters. The van der Waals surface area contributed by atoms with Crippen LogP contribution in [0.5, 0.6) is 0 Å². The number of hydrogen-bond acceptors (Lipinski definition) is 4. The predicted octanol–water partition coefficient (Wildman–Crippen LogP) is 3.86. The maximum atomic E-state index is 13.8. The van der Waals surface area contributed by atoms with Crippen molar-refractivity contribution >= 4 is 23.3 Å². The van der Waals surface area contributed by atoms with Gasteiger partial charge in [0.1, 0.15) is 18.9 Å². The molecule has 0 bridgehead atoms. The molecule has 2 heterocycles. The molecule has 2 aromatic carbocycles. The van der Waals surface area contributed by atoms with Gasteiger partial charge in [0.25, 0.3) is 0 Å². The largest absolute Gasteiger partial charge is 0.341 e. The minimum atomic E-state index is -0.422. The molecule has 1 aliphatic heterocycles. The molecule has 1 aromatic heterocycles. The number of rotatable bonds is 4. The molecule has 2 atom stereocenters. The van der Waals surface area contributed by atoms with E-state index < -0.39 is 6.04 Å². The SMILES string of the molecule is C[N+]1(Cc2ccccc2)CCN(c2ccnc(Cl)n2)C(c2ccccc2)C1=O. The number of nitrogens with zero attached hydrogens (tertiary/aromatic N) is 4. The summed E-state index contributed by atoms with van der Waals surface area (Å²) in [6, 6.07) is 21.4. The molecule has 0 saturated carbocycles. The minimum Gasteiger partial charge on any atom is -0.331 e. The molecule has 0 N–H and O–H groups in total. The van der Waals surface area contributed by atoms with Crippen LogP contribution in [0.25, 0.3) is 0 Å². The van der Waals surface area contributed by atoms with Gasteiger partial charge in [-0.05, 0) is 23.2 Å². The van der Waals surface area contributed by atoms with Crippen molar-refractivity contribution in [2.75, 3.05) is 25.0 Å². The molecule has 28 heavy (non-hydrogen) atoms. The molecule has 0 spiro atoms. The number of benzene rings is 2. The van der Waals surface area contributed by atoms with Gasteiger partial charge < -0.3 is 4.90 Å². The minimum absolute atomic E-state index is 0.149. The van der Waals surface area contributed by atoms with Crippen molar-refractivity contribution in [2.24, 2.45) is 0 Å². The van der Waals surface area contributed by atoms with E-state index in [1.54, 1.807) is 6.20 Å². The van der Waals surface area contributed by atoms with Crippen LogP contribution >= 0.6 is 11.6 Å². The first-order valence-electron chi connectivity index (χ1n) is 9.30. The van der Waals surface area contributed by atoms with Crippen LogP contribution in [0.2, 0.25) is 5.28 Å². The van der Waals surface area contributed by atoms with Crippen LogP contribution in [0, 0.1) is 0 Å². The highest BCUT2D eigenvalue weighted by Crippen LogP contribution is 2.34. The Kier molecular flexibility index (Phi) is 5.11. The van der Waals surface area contributed by atoms with E-state index in [4.69, 9.17) is 11.6 Å². The lowest BCUT2D eigenvalue weighted by Crippen LogP contribution is -2.62. The summed E-state index contributed by atoms with van der Waals surface area (Å²) in [5.74, 6) is 0.823. The number of hydrogen-bond donors (Lipinski definition) is 0. The molecule has 1 saturated heterocycles. The Morgan fingerprint density at radius 3 is 2.43 bits per heavy atom. The number of amides is 1. The zero-order valence-corrected chi connectivity index (χ0v) is 16.5. The first-order chi connectivity index (χ1) is 13.6. The molecule has 1 amide bonds. The van der Waals surface area contributed by atoms with E-state index in [9.17, 15) is 4.79 Å². The van der Waals surface area contributed by atoms with Crippen LogP contribution in [-0.2, 0) is 11.3 Å². The topological polar surface area (TPSA) is 46.1 Å². The number of aromatic nitrogens is 2. The van der Waals surface area contributed by atoms with E-state index in [-0.39, 0.29) is 11.2 Å². The van der Waals surface area contributed by atoms with Crippen molar-refractivity contribution in [1.29, 1.82) is 0 Å². The van der Waals surface area contributed by atoms with Crippen LogP contribution in [0.15, 0.2) is 72.9 Å². The van der Waals surface area contributed by atoms with Crippen LogP contribution in [-0.4, -0.2) is 40.5 Å². The molecular formula is C22H22ClN4O+. The van der Waals surface area contributed by atoms with Crippen LogP contribution < -0.4 is 4.90 Å². The van der Waals surface area contributed by atoms with Crippen LogP contribution in [0.3, 0.4) is 0 Å². The Bertz CT molecular complexity index is 967. The van der Waals surface area contributed by atoms with E-state index in [0.717, 1.165) is 11.1 Å². The summed E-state index contributed by atoms with van der Waals surface area (Å²) in [5, 5.41) is 0.184. The Balaban J connectivity index is 1.72. The maximum absolute atomic E-state index is 13.8. The summed E-state index contributed by atoms with van der Waals surface area (Å²) >= 11 is 6.02. The summed E-state index contributed by atoms with van der Waals surface area (Å²) < 4.78 is 0.346. The second kappa shape index (κ2) is 7.70. The van der Waals surface area contributed by atoms with Gasteiger partial charge in [-0.2, -0.15) is 0 Å². The first kappa shape index (κ1) is 18.6. The van der Waals surface area contributed by atoms with Gasteiger partial charge in [-0.25, -0.2) is 14.8 Å². The number of halogens is 1. The van der Waals surface area contributed by atoms with Gasteiger partial charge in [-0.15, -0.1) is 0 Å². The average molecular weight is 394 g/mol. The lowest BCUT2D eigenvalue weighted by atomic mass is 9.99. The normalized spacial score (nSPS) is 22.3. The molecule has 6 heteroatoms. The highest BCUT2D eigenvalue weighted by Gasteiger charge is 2.46. The zero-order valence-electron chi connectivity index (χ0n) is 15.7. The molecule has 4 rings (SSSR count). The van der Waals surface area contributed by atoms with Gasteiger partial charge in [-0.1, -0.05) is 60.7 Å². The zero-order chi connectivity index (χ0) is 19.6. The lowest BCUT2D eigenvalue weighted by Gasteiger charge is -2.44. The Labute approximate surface area is 169 Å². The van der Waals surface area contributed by atoms with Crippen molar-refractivity contribution in [2.45, 2.75) is 12.6 Å². The van der Waals surface area contributed by atoms with E-state index in [0.29, 0.717) is 29.9 Å². The first-order valence-corrected chi connectivity index (χ1v) is 9.68. The van der Waals surface area contributed by atoms with E-state index >= 15 is 0 Å². The van der Waals surface area contributed by atoms with Crippen molar-refractivity contribution in [3.63, 3.8) is 0 Å². The summed E-state index contributed by atoms with van der Waals surface area (Å²) in [5.41, 5.74) is 2.11. The van der Waals surface area contributed by atoms with Crippen LogP contribution in [0.1, 0.15) is 17.2 Å². The third kappa shape index (κ3) is 3.63. The van der Waals surface area contributed by atoms with Gasteiger partial charge in [0.15, 0.2) is 6.04 Å². The number of piperazine rings is 1. The number of anilines is 1. The van der Waals surface area contributed by atoms with Crippen molar-refractivity contribution in [3.05, 3.63) is 89.3 Å². The van der Waals surface area contributed by atoms with Gasteiger partial charge in [0.05, 0.1) is 13.6 Å². The number of carbonyl (C=O) groups is 1. The average Bonchev–Trinajstić information content (AvgIpc) is 2.71. The van der Waals surface area contributed by atoms with E-state index in [1.165, 1.54) is 0 Å². The van der Waals surface area contributed by atoms with Crippen molar-refractivity contribution < 1.29 is 9.28 Å². The number of quaternary nitrogens is 1. The number of likely N-dealkylation sites (N-methyl/N-ethyl adjacent to an activating group) is 1. The molecule has 5 nitrogen and oxygen atoms in total. The smallest absolute Gasteiger partial charge is 0.331 e. The van der Waals surface area contributed by atoms with E-state index in [1.807, 2.05) is 66.5 Å². The summed E-state index contributed by atoms with van der Waals surface area (Å²) in [7, 11) is 2.02. The molecule has 142 valence electrons. The third-order valence-electron chi connectivity index (χ3n) is 5.31. The Morgan fingerprint density at radius 1 is 1.07 bits per heavy atom.